The van der Waals surface area contributed by atoms with Gasteiger partial charge in [0.1, 0.15) is 12.1 Å². The van der Waals surface area contributed by atoms with Gasteiger partial charge in [0.2, 0.25) is 0 Å². The minimum atomic E-state index is -0.290. The van der Waals surface area contributed by atoms with Crippen LogP contribution in [0.1, 0.15) is 15.2 Å². The molecule has 1 aromatic heterocycles. The van der Waals surface area contributed by atoms with E-state index in [0.29, 0.717) is 11.1 Å². The maximum Gasteiger partial charge on any atom is 0.150 e. The highest BCUT2D eigenvalue weighted by molar-refractivity contribution is 7.10. The molecule has 1 aromatic carbocycles. The van der Waals surface area contributed by atoms with Crippen LogP contribution in [0.3, 0.4) is 0 Å². The summed E-state index contributed by atoms with van der Waals surface area (Å²) >= 11 is 1.57. The van der Waals surface area contributed by atoms with Crippen molar-refractivity contribution in [1.82, 2.24) is 0 Å². The third-order valence-corrected chi connectivity index (χ3v) is 3.12. The van der Waals surface area contributed by atoms with Crippen LogP contribution in [-0.4, -0.2) is 6.29 Å². The van der Waals surface area contributed by atoms with Crippen LogP contribution in [0.5, 0.6) is 0 Å². The SMILES string of the molecule is Cc1sccc1-c1cc(C=O)ccc1F. The summed E-state index contributed by atoms with van der Waals surface area (Å²) in [5.41, 5.74) is 1.86. The van der Waals surface area contributed by atoms with Crippen LogP contribution >= 0.6 is 11.3 Å². The minimum absolute atomic E-state index is 0.290. The molecule has 0 saturated heterocycles. The molecule has 76 valence electrons. The summed E-state index contributed by atoms with van der Waals surface area (Å²) < 4.78 is 13.5. The molecule has 1 heterocycles. The highest BCUT2D eigenvalue weighted by Crippen LogP contribution is 2.29. The van der Waals surface area contributed by atoms with Gasteiger partial charge in [-0.1, -0.05) is 0 Å². The molecule has 0 bridgehead atoms. The summed E-state index contributed by atoms with van der Waals surface area (Å²) in [5, 5.41) is 1.91. The molecule has 2 rings (SSSR count). The first kappa shape index (κ1) is 10.1. The molecule has 0 atom stereocenters. The van der Waals surface area contributed by atoms with Crippen molar-refractivity contribution in [2.24, 2.45) is 0 Å². The number of hydrogen-bond acceptors (Lipinski definition) is 2. The molecule has 0 saturated carbocycles. The fourth-order valence-corrected chi connectivity index (χ4v) is 2.20. The topological polar surface area (TPSA) is 17.1 Å². The average molecular weight is 220 g/mol. The molecular weight excluding hydrogens is 211 g/mol. The van der Waals surface area contributed by atoms with E-state index in [-0.39, 0.29) is 5.82 Å². The lowest BCUT2D eigenvalue weighted by atomic mass is 10.0. The van der Waals surface area contributed by atoms with E-state index < -0.39 is 0 Å². The minimum Gasteiger partial charge on any atom is -0.298 e. The van der Waals surface area contributed by atoms with Crippen LogP contribution in [0.15, 0.2) is 29.6 Å². The van der Waals surface area contributed by atoms with E-state index in [0.717, 1.165) is 16.7 Å². The Morgan fingerprint density at radius 1 is 1.27 bits per heavy atom. The summed E-state index contributed by atoms with van der Waals surface area (Å²) in [6.45, 7) is 1.94. The van der Waals surface area contributed by atoms with Crippen LogP contribution in [0, 0.1) is 12.7 Å². The Kier molecular flexibility index (Phi) is 2.64. The monoisotopic (exact) mass is 220 g/mol. The van der Waals surface area contributed by atoms with Crippen molar-refractivity contribution in [2.75, 3.05) is 0 Å². The number of aryl methyl sites for hydroxylation is 1. The predicted octanol–water partition coefficient (Wildman–Crippen LogP) is 3.68. The lowest BCUT2D eigenvalue weighted by Crippen LogP contribution is -1.87. The molecule has 0 aliphatic heterocycles. The smallest absolute Gasteiger partial charge is 0.150 e. The predicted molar refractivity (Wildman–Crippen MR) is 59.8 cm³/mol. The molecule has 0 spiro atoms. The zero-order valence-electron chi connectivity index (χ0n) is 8.16. The van der Waals surface area contributed by atoms with Crippen LogP contribution in [0.2, 0.25) is 0 Å². The number of carbonyl (C=O) groups excluding carboxylic acids is 1. The molecule has 0 aliphatic rings. The Morgan fingerprint density at radius 2 is 2.07 bits per heavy atom. The number of halogens is 1. The Hall–Kier alpha value is -1.48. The van der Waals surface area contributed by atoms with Gasteiger partial charge >= 0.3 is 0 Å². The lowest BCUT2D eigenvalue weighted by Gasteiger charge is -2.03. The molecule has 0 radical (unpaired) electrons. The zero-order valence-corrected chi connectivity index (χ0v) is 8.98. The molecule has 0 amide bonds. The van der Waals surface area contributed by atoms with Crippen molar-refractivity contribution < 1.29 is 9.18 Å². The number of rotatable bonds is 2. The third-order valence-electron chi connectivity index (χ3n) is 2.28. The first-order chi connectivity index (χ1) is 7.22. The molecule has 1 nitrogen and oxygen atoms in total. The van der Waals surface area contributed by atoms with Gasteiger partial charge in [-0.05, 0) is 42.1 Å². The zero-order chi connectivity index (χ0) is 10.8. The van der Waals surface area contributed by atoms with Gasteiger partial charge in [-0.25, -0.2) is 4.39 Å². The maximum atomic E-state index is 13.5. The average Bonchev–Trinajstić information content (AvgIpc) is 2.65. The number of thiophene rings is 1. The molecule has 0 N–H and O–H groups in total. The normalized spacial score (nSPS) is 10.3. The van der Waals surface area contributed by atoms with E-state index in [1.807, 2.05) is 18.4 Å². The summed E-state index contributed by atoms with van der Waals surface area (Å²) in [6, 6.07) is 6.26. The van der Waals surface area contributed by atoms with E-state index in [4.69, 9.17) is 0 Å². The first-order valence-electron chi connectivity index (χ1n) is 4.51. The maximum absolute atomic E-state index is 13.5. The molecule has 15 heavy (non-hydrogen) atoms. The summed E-state index contributed by atoms with van der Waals surface area (Å²) in [7, 11) is 0. The van der Waals surface area contributed by atoms with Gasteiger partial charge < -0.3 is 0 Å². The number of aldehydes is 1. The number of benzene rings is 1. The largest absolute Gasteiger partial charge is 0.298 e. The van der Waals surface area contributed by atoms with E-state index in [9.17, 15) is 9.18 Å². The van der Waals surface area contributed by atoms with E-state index in [2.05, 4.69) is 0 Å². The fraction of sp³-hybridized carbons (Fsp3) is 0.0833. The second-order valence-electron chi connectivity index (χ2n) is 3.25. The van der Waals surface area contributed by atoms with Crippen molar-refractivity contribution in [2.45, 2.75) is 6.92 Å². The Morgan fingerprint density at radius 3 is 2.67 bits per heavy atom. The highest BCUT2D eigenvalue weighted by Gasteiger charge is 2.09. The quantitative estimate of drug-likeness (QED) is 0.706. The van der Waals surface area contributed by atoms with Crippen molar-refractivity contribution in [1.29, 1.82) is 0 Å². The first-order valence-corrected chi connectivity index (χ1v) is 5.39. The van der Waals surface area contributed by atoms with E-state index >= 15 is 0 Å². The van der Waals surface area contributed by atoms with Gasteiger partial charge in [-0.2, -0.15) is 0 Å². The Balaban J connectivity index is 2.61. The van der Waals surface area contributed by atoms with Crippen LogP contribution in [0.25, 0.3) is 11.1 Å². The highest BCUT2D eigenvalue weighted by atomic mass is 32.1. The summed E-state index contributed by atoms with van der Waals surface area (Å²) in [6.07, 6.45) is 0.727. The molecule has 0 fully saturated rings. The van der Waals surface area contributed by atoms with Crippen molar-refractivity contribution in [3.05, 3.63) is 45.9 Å². The number of carbonyl (C=O) groups is 1. The van der Waals surface area contributed by atoms with Crippen molar-refractivity contribution in [3.63, 3.8) is 0 Å². The van der Waals surface area contributed by atoms with Crippen LogP contribution < -0.4 is 0 Å². The molecule has 0 unspecified atom stereocenters. The van der Waals surface area contributed by atoms with Crippen LogP contribution in [-0.2, 0) is 0 Å². The van der Waals surface area contributed by atoms with E-state index in [1.165, 1.54) is 12.1 Å². The third kappa shape index (κ3) is 1.83. The molecule has 3 heteroatoms. The molecule has 2 aromatic rings. The summed E-state index contributed by atoms with van der Waals surface area (Å²) in [5.74, 6) is -0.290. The van der Waals surface area contributed by atoms with Gasteiger partial charge in [0.05, 0.1) is 0 Å². The summed E-state index contributed by atoms with van der Waals surface area (Å²) in [4.78, 5) is 11.7. The second-order valence-corrected chi connectivity index (χ2v) is 4.37. The van der Waals surface area contributed by atoms with Crippen LogP contribution in [0.4, 0.5) is 4.39 Å². The molecular formula is C12H9FOS. The lowest BCUT2D eigenvalue weighted by molar-refractivity contribution is 0.112. The Labute approximate surface area is 91.2 Å². The van der Waals surface area contributed by atoms with Crippen molar-refractivity contribution in [3.8, 4) is 11.1 Å². The Bertz CT molecular complexity index is 502. The second kappa shape index (κ2) is 3.95. The van der Waals surface area contributed by atoms with E-state index in [1.54, 1.807) is 17.4 Å². The number of hydrogen-bond donors (Lipinski definition) is 0. The standard InChI is InChI=1S/C12H9FOS/c1-8-10(4-5-15-8)11-6-9(7-14)2-3-12(11)13/h2-7H,1H3. The van der Waals surface area contributed by atoms with Gasteiger partial charge in [0.15, 0.2) is 0 Å². The molecule has 0 aliphatic carbocycles. The van der Waals surface area contributed by atoms with Gasteiger partial charge in [-0.15, -0.1) is 11.3 Å². The van der Waals surface area contributed by atoms with Gasteiger partial charge in [0.25, 0.3) is 0 Å². The van der Waals surface area contributed by atoms with Gasteiger partial charge in [0, 0.05) is 16.0 Å². The fourth-order valence-electron chi connectivity index (χ4n) is 1.49. The van der Waals surface area contributed by atoms with Crippen molar-refractivity contribution >= 4 is 17.6 Å². The van der Waals surface area contributed by atoms with Gasteiger partial charge in [-0.3, -0.25) is 4.79 Å².